The van der Waals surface area contributed by atoms with E-state index in [9.17, 15) is 8.78 Å². The van der Waals surface area contributed by atoms with Crippen LogP contribution >= 0.6 is 15.9 Å². The molecule has 0 atom stereocenters. The second kappa shape index (κ2) is 5.35. The minimum absolute atomic E-state index is 0.0928. The molecule has 0 fully saturated rings. The molecule has 94 valence electrons. The lowest BCUT2D eigenvalue weighted by Crippen LogP contribution is -2.02. The zero-order chi connectivity index (χ0) is 13.1. The summed E-state index contributed by atoms with van der Waals surface area (Å²) in [6.07, 6.45) is 0. The molecule has 0 saturated carbocycles. The third kappa shape index (κ3) is 2.98. The van der Waals surface area contributed by atoms with E-state index in [1.54, 1.807) is 12.1 Å². The minimum atomic E-state index is -0.526. The molecular weight excluding hydrogens is 304 g/mol. The van der Waals surface area contributed by atoms with Crippen molar-refractivity contribution in [2.24, 2.45) is 0 Å². The van der Waals surface area contributed by atoms with Crippen LogP contribution in [0.25, 0.3) is 0 Å². The van der Waals surface area contributed by atoms with Crippen molar-refractivity contribution < 1.29 is 13.9 Å². The fourth-order valence-electron chi connectivity index (χ4n) is 1.47. The van der Waals surface area contributed by atoms with Gasteiger partial charge in [-0.15, -0.1) is 0 Å². The summed E-state index contributed by atoms with van der Waals surface area (Å²) in [5, 5.41) is 11.9. The third-order valence-electron chi connectivity index (χ3n) is 2.43. The molecule has 0 bridgehead atoms. The normalized spacial score (nSPS) is 10.4. The summed E-state index contributed by atoms with van der Waals surface area (Å²) >= 11 is 2.91. The average molecular weight is 314 g/mol. The number of halogens is 3. The molecule has 0 aliphatic heterocycles. The lowest BCUT2D eigenvalue weighted by Gasteiger charge is -2.08. The number of anilines is 1. The largest absolute Gasteiger partial charge is 0.508 e. The lowest BCUT2D eigenvalue weighted by molar-refractivity contribution is 0.475. The Bertz CT molecular complexity index is 558. The fraction of sp³-hybridized carbons (Fsp3) is 0.0769. The van der Waals surface area contributed by atoms with E-state index in [0.717, 1.165) is 17.7 Å². The molecule has 18 heavy (non-hydrogen) atoms. The monoisotopic (exact) mass is 313 g/mol. The van der Waals surface area contributed by atoms with E-state index >= 15 is 0 Å². The van der Waals surface area contributed by atoms with Gasteiger partial charge in [0.05, 0.1) is 10.2 Å². The number of nitrogens with one attached hydrogen (secondary N) is 1. The summed E-state index contributed by atoms with van der Waals surface area (Å²) in [5.41, 5.74) is 0.958. The molecule has 0 aliphatic rings. The van der Waals surface area contributed by atoms with Crippen LogP contribution in [0, 0.1) is 11.6 Å². The summed E-state index contributed by atoms with van der Waals surface area (Å²) < 4.78 is 26.8. The SMILES string of the molecule is Oc1ccc(CNc2cc(F)c(Br)cc2F)cc1. The predicted octanol–water partition coefficient (Wildman–Crippen LogP) is 4.05. The fourth-order valence-corrected chi connectivity index (χ4v) is 1.78. The van der Waals surface area contributed by atoms with Crippen molar-refractivity contribution in [2.45, 2.75) is 6.54 Å². The first-order valence-electron chi connectivity index (χ1n) is 5.22. The Morgan fingerprint density at radius 1 is 1.06 bits per heavy atom. The molecule has 0 radical (unpaired) electrons. The molecule has 2 aromatic carbocycles. The topological polar surface area (TPSA) is 32.3 Å². The van der Waals surface area contributed by atoms with Crippen LogP contribution in [0.3, 0.4) is 0 Å². The van der Waals surface area contributed by atoms with Gasteiger partial charge in [-0.1, -0.05) is 12.1 Å². The first-order chi connectivity index (χ1) is 8.56. The standard InChI is InChI=1S/C13H10BrF2NO/c14-10-5-12(16)13(6-11(10)15)17-7-8-1-3-9(18)4-2-8/h1-6,17-18H,7H2. The highest BCUT2D eigenvalue weighted by Crippen LogP contribution is 2.23. The van der Waals surface area contributed by atoms with Crippen LogP contribution in [0.15, 0.2) is 40.9 Å². The number of aromatic hydroxyl groups is 1. The number of benzene rings is 2. The van der Waals surface area contributed by atoms with Crippen molar-refractivity contribution in [1.82, 2.24) is 0 Å². The lowest BCUT2D eigenvalue weighted by atomic mass is 10.2. The Morgan fingerprint density at radius 2 is 1.72 bits per heavy atom. The summed E-state index contributed by atoms with van der Waals surface area (Å²) in [5.74, 6) is -0.883. The van der Waals surface area contributed by atoms with Crippen molar-refractivity contribution in [3.63, 3.8) is 0 Å². The molecule has 0 unspecified atom stereocenters. The van der Waals surface area contributed by atoms with E-state index in [2.05, 4.69) is 21.2 Å². The minimum Gasteiger partial charge on any atom is -0.508 e. The molecule has 0 amide bonds. The Labute approximate surface area is 111 Å². The highest BCUT2D eigenvalue weighted by molar-refractivity contribution is 9.10. The van der Waals surface area contributed by atoms with E-state index in [1.165, 1.54) is 12.1 Å². The number of hydrogen-bond acceptors (Lipinski definition) is 2. The van der Waals surface area contributed by atoms with Gasteiger partial charge in [0.1, 0.15) is 17.4 Å². The molecule has 2 rings (SSSR count). The van der Waals surface area contributed by atoms with Gasteiger partial charge in [-0.2, -0.15) is 0 Å². The number of phenols is 1. The first kappa shape index (κ1) is 12.8. The quantitative estimate of drug-likeness (QED) is 0.838. The zero-order valence-electron chi connectivity index (χ0n) is 9.25. The first-order valence-corrected chi connectivity index (χ1v) is 6.02. The van der Waals surface area contributed by atoms with Gasteiger partial charge in [0, 0.05) is 12.6 Å². The van der Waals surface area contributed by atoms with Gasteiger partial charge < -0.3 is 10.4 Å². The van der Waals surface area contributed by atoms with Gasteiger partial charge in [0.2, 0.25) is 0 Å². The van der Waals surface area contributed by atoms with Crippen LogP contribution in [-0.4, -0.2) is 5.11 Å². The Balaban J connectivity index is 2.10. The third-order valence-corrected chi connectivity index (χ3v) is 3.04. The Hall–Kier alpha value is -1.62. The molecule has 0 saturated heterocycles. The molecule has 5 heteroatoms. The van der Waals surface area contributed by atoms with Crippen LogP contribution in [0.4, 0.5) is 14.5 Å². The van der Waals surface area contributed by atoms with Gasteiger partial charge in [0.15, 0.2) is 0 Å². The smallest absolute Gasteiger partial charge is 0.147 e. The predicted molar refractivity (Wildman–Crippen MR) is 69.5 cm³/mol. The molecular formula is C13H10BrF2NO. The second-order valence-electron chi connectivity index (χ2n) is 3.77. The molecule has 2 nitrogen and oxygen atoms in total. The molecule has 0 aromatic heterocycles. The highest BCUT2D eigenvalue weighted by atomic mass is 79.9. The van der Waals surface area contributed by atoms with E-state index in [-0.39, 0.29) is 15.9 Å². The maximum Gasteiger partial charge on any atom is 0.147 e. The van der Waals surface area contributed by atoms with Crippen molar-refractivity contribution in [3.05, 3.63) is 58.1 Å². The van der Waals surface area contributed by atoms with Crippen LogP contribution < -0.4 is 5.32 Å². The zero-order valence-corrected chi connectivity index (χ0v) is 10.8. The number of rotatable bonds is 3. The second-order valence-corrected chi connectivity index (χ2v) is 4.62. The van der Waals surface area contributed by atoms with Crippen molar-refractivity contribution >= 4 is 21.6 Å². The van der Waals surface area contributed by atoms with Crippen molar-refractivity contribution in [2.75, 3.05) is 5.32 Å². The number of phenolic OH excluding ortho intramolecular Hbond substituents is 1. The maximum absolute atomic E-state index is 13.5. The van der Waals surface area contributed by atoms with E-state index < -0.39 is 11.6 Å². The van der Waals surface area contributed by atoms with Crippen LogP contribution in [0.2, 0.25) is 0 Å². The van der Waals surface area contributed by atoms with Gasteiger partial charge in [-0.05, 0) is 39.7 Å². The van der Waals surface area contributed by atoms with E-state index in [0.29, 0.717) is 6.54 Å². The summed E-state index contributed by atoms with van der Waals surface area (Å²) in [6.45, 7) is 0.346. The van der Waals surface area contributed by atoms with Crippen LogP contribution in [0.5, 0.6) is 5.75 Å². The van der Waals surface area contributed by atoms with Gasteiger partial charge in [0.25, 0.3) is 0 Å². The summed E-state index contributed by atoms with van der Waals surface area (Å²) in [6, 6.07) is 8.66. The maximum atomic E-state index is 13.5. The molecule has 2 aromatic rings. The Morgan fingerprint density at radius 3 is 2.39 bits per heavy atom. The Kier molecular flexibility index (Phi) is 3.81. The van der Waals surface area contributed by atoms with E-state index in [1.807, 2.05) is 0 Å². The molecule has 0 spiro atoms. The van der Waals surface area contributed by atoms with Gasteiger partial charge in [-0.25, -0.2) is 8.78 Å². The average Bonchev–Trinajstić information content (AvgIpc) is 2.34. The highest BCUT2D eigenvalue weighted by Gasteiger charge is 2.07. The van der Waals surface area contributed by atoms with Crippen molar-refractivity contribution in [1.29, 1.82) is 0 Å². The summed E-state index contributed by atoms with van der Waals surface area (Å²) in [4.78, 5) is 0. The van der Waals surface area contributed by atoms with E-state index in [4.69, 9.17) is 5.11 Å². The van der Waals surface area contributed by atoms with Crippen LogP contribution in [0.1, 0.15) is 5.56 Å². The molecule has 0 aliphatic carbocycles. The van der Waals surface area contributed by atoms with Gasteiger partial charge in [-0.3, -0.25) is 0 Å². The molecule has 0 heterocycles. The van der Waals surface area contributed by atoms with Crippen molar-refractivity contribution in [3.8, 4) is 5.75 Å². The molecule has 2 N–H and O–H groups in total. The van der Waals surface area contributed by atoms with Crippen LogP contribution in [-0.2, 0) is 6.54 Å². The number of hydrogen-bond donors (Lipinski definition) is 2. The van der Waals surface area contributed by atoms with Gasteiger partial charge >= 0.3 is 0 Å². The summed E-state index contributed by atoms with van der Waals surface area (Å²) in [7, 11) is 0.